The van der Waals surface area contributed by atoms with Gasteiger partial charge < -0.3 is 4.40 Å². The Morgan fingerprint density at radius 2 is 1.95 bits per heavy atom. The van der Waals surface area contributed by atoms with Crippen LogP contribution in [0, 0.1) is 20.8 Å². The predicted octanol–water partition coefficient (Wildman–Crippen LogP) is 3.14. The third kappa shape index (κ3) is 1.75. The van der Waals surface area contributed by atoms with Crippen LogP contribution in [0.1, 0.15) is 24.0 Å². The molecule has 0 saturated carbocycles. The molecule has 3 aromatic rings. The van der Waals surface area contributed by atoms with E-state index in [1.54, 1.807) is 0 Å². The third-order valence-corrected chi connectivity index (χ3v) is 3.63. The first kappa shape index (κ1) is 12.0. The lowest BCUT2D eigenvalue weighted by molar-refractivity contribution is 0.634. The van der Waals surface area contributed by atoms with Crippen molar-refractivity contribution in [1.82, 2.24) is 19.2 Å². The van der Waals surface area contributed by atoms with Crippen LogP contribution in [-0.4, -0.2) is 19.2 Å². The molecule has 0 unspecified atom stereocenters. The molecule has 0 saturated heterocycles. The Kier molecular flexibility index (Phi) is 2.66. The molecule has 0 bridgehead atoms. The van der Waals surface area contributed by atoms with Crippen molar-refractivity contribution in [3.63, 3.8) is 0 Å². The fourth-order valence-corrected chi connectivity index (χ4v) is 2.64. The number of nitrogens with zero attached hydrogens (tertiary/aromatic N) is 4. The summed E-state index contributed by atoms with van der Waals surface area (Å²) < 4.78 is 4.15. The second kappa shape index (κ2) is 4.23. The topological polar surface area (TPSA) is 35.1 Å². The monoisotopic (exact) mass is 254 g/mol. The average molecular weight is 254 g/mol. The van der Waals surface area contributed by atoms with Gasteiger partial charge in [0.2, 0.25) is 0 Å². The van der Waals surface area contributed by atoms with E-state index in [2.05, 4.69) is 42.5 Å². The van der Waals surface area contributed by atoms with Gasteiger partial charge in [-0.1, -0.05) is 6.07 Å². The number of imidazole rings is 1. The molecule has 19 heavy (non-hydrogen) atoms. The van der Waals surface area contributed by atoms with Crippen LogP contribution in [0.4, 0.5) is 0 Å². The van der Waals surface area contributed by atoms with Gasteiger partial charge in [0.05, 0.1) is 11.4 Å². The summed E-state index contributed by atoms with van der Waals surface area (Å²) in [6.07, 6.45) is 2.10. The Morgan fingerprint density at radius 1 is 1.16 bits per heavy atom. The van der Waals surface area contributed by atoms with Crippen LogP contribution in [-0.2, 0) is 6.54 Å². The summed E-state index contributed by atoms with van der Waals surface area (Å²) in [6.45, 7) is 9.24. The van der Waals surface area contributed by atoms with E-state index in [4.69, 9.17) is 4.98 Å². The van der Waals surface area contributed by atoms with Gasteiger partial charge in [0.1, 0.15) is 5.65 Å². The minimum atomic E-state index is 0.888. The molecule has 0 N–H and O–H groups in total. The summed E-state index contributed by atoms with van der Waals surface area (Å²) >= 11 is 0. The molecule has 0 spiro atoms. The molecule has 4 heteroatoms. The lowest BCUT2D eigenvalue weighted by Gasteiger charge is -1.99. The lowest BCUT2D eigenvalue weighted by Crippen LogP contribution is -1.98. The number of fused-ring (bicyclic) bond motifs is 1. The van der Waals surface area contributed by atoms with E-state index in [1.165, 1.54) is 11.4 Å². The van der Waals surface area contributed by atoms with Crippen molar-refractivity contribution in [3.8, 4) is 11.3 Å². The Bertz CT molecular complexity index is 749. The fourth-order valence-electron chi connectivity index (χ4n) is 2.64. The van der Waals surface area contributed by atoms with Crippen molar-refractivity contribution < 1.29 is 0 Å². The zero-order valence-electron chi connectivity index (χ0n) is 11.8. The molecule has 4 nitrogen and oxygen atoms in total. The minimum Gasteiger partial charge on any atom is -0.304 e. The highest BCUT2D eigenvalue weighted by atomic mass is 15.3. The van der Waals surface area contributed by atoms with Crippen LogP contribution < -0.4 is 0 Å². The van der Waals surface area contributed by atoms with Gasteiger partial charge in [-0.2, -0.15) is 5.10 Å². The second-order valence-corrected chi connectivity index (χ2v) is 4.88. The first-order chi connectivity index (χ1) is 9.11. The van der Waals surface area contributed by atoms with Crippen molar-refractivity contribution in [3.05, 3.63) is 41.5 Å². The van der Waals surface area contributed by atoms with Crippen LogP contribution in [0.25, 0.3) is 16.9 Å². The standard InChI is InChI=1S/C15H18N4/c1-5-19-12(4)15(11(3)17-19)13-9-18-10(2)7-6-8-14(18)16-13/h6-9H,5H2,1-4H3. The zero-order chi connectivity index (χ0) is 13.6. The molecule has 0 aliphatic carbocycles. The highest BCUT2D eigenvalue weighted by molar-refractivity contribution is 5.67. The van der Waals surface area contributed by atoms with Crippen molar-refractivity contribution >= 4 is 5.65 Å². The van der Waals surface area contributed by atoms with Crippen LogP contribution >= 0.6 is 0 Å². The number of rotatable bonds is 2. The normalized spacial score (nSPS) is 11.4. The zero-order valence-corrected chi connectivity index (χ0v) is 11.8. The Morgan fingerprint density at radius 3 is 2.58 bits per heavy atom. The van der Waals surface area contributed by atoms with E-state index >= 15 is 0 Å². The van der Waals surface area contributed by atoms with E-state index in [0.29, 0.717) is 0 Å². The maximum Gasteiger partial charge on any atom is 0.137 e. The number of aromatic nitrogens is 4. The largest absolute Gasteiger partial charge is 0.304 e. The number of pyridine rings is 1. The van der Waals surface area contributed by atoms with Gasteiger partial charge in [0.15, 0.2) is 0 Å². The van der Waals surface area contributed by atoms with Crippen molar-refractivity contribution in [2.75, 3.05) is 0 Å². The second-order valence-electron chi connectivity index (χ2n) is 4.88. The molecule has 0 atom stereocenters. The summed E-state index contributed by atoms with van der Waals surface area (Å²) in [5, 5.41) is 4.57. The van der Waals surface area contributed by atoms with Gasteiger partial charge in [0.25, 0.3) is 0 Å². The molecule has 0 aliphatic heterocycles. The van der Waals surface area contributed by atoms with E-state index < -0.39 is 0 Å². The molecule has 3 aromatic heterocycles. The highest BCUT2D eigenvalue weighted by Gasteiger charge is 2.15. The van der Waals surface area contributed by atoms with Gasteiger partial charge in [-0.05, 0) is 39.8 Å². The van der Waals surface area contributed by atoms with Crippen LogP contribution in [0.15, 0.2) is 24.4 Å². The van der Waals surface area contributed by atoms with Gasteiger partial charge in [0, 0.05) is 29.7 Å². The lowest BCUT2D eigenvalue weighted by atomic mass is 10.1. The van der Waals surface area contributed by atoms with E-state index in [9.17, 15) is 0 Å². The Balaban J connectivity index is 2.25. The predicted molar refractivity (Wildman–Crippen MR) is 76.3 cm³/mol. The van der Waals surface area contributed by atoms with E-state index in [0.717, 1.165) is 29.1 Å². The van der Waals surface area contributed by atoms with Gasteiger partial charge in [-0.15, -0.1) is 0 Å². The van der Waals surface area contributed by atoms with Gasteiger partial charge in [-0.25, -0.2) is 4.98 Å². The number of hydrogen-bond acceptors (Lipinski definition) is 2. The molecule has 0 aromatic carbocycles. The van der Waals surface area contributed by atoms with Crippen LogP contribution in [0.3, 0.4) is 0 Å². The first-order valence-electron chi connectivity index (χ1n) is 6.61. The fraction of sp³-hybridized carbons (Fsp3) is 0.333. The summed E-state index contributed by atoms with van der Waals surface area (Å²) in [5.74, 6) is 0. The summed E-state index contributed by atoms with van der Waals surface area (Å²) in [5.41, 5.74) is 6.56. The molecule has 3 rings (SSSR count). The smallest absolute Gasteiger partial charge is 0.137 e. The SMILES string of the molecule is CCn1nc(C)c(-c2cn3c(C)cccc3n2)c1C. The Labute approximate surface area is 112 Å². The third-order valence-electron chi connectivity index (χ3n) is 3.63. The molecule has 98 valence electrons. The van der Waals surface area contributed by atoms with E-state index in [-0.39, 0.29) is 0 Å². The number of aryl methyl sites for hydroxylation is 3. The maximum absolute atomic E-state index is 4.72. The number of hydrogen-bond donors (Lipinski definition) is 0. The van der Waals surface area contributed by atoms with Crippen molar-refractivity contribution in [2.45, 2.75) is 34.2 Å². The van der Waals surface area contributed by atoms with Crippen molar-refractivity contribution in [2.24, 2.45) is 0 Å². The molecule has 0 aliphatic rings. The molecule has 3 heterocycles. The Hall–Kier alpha value is -2.10. The summed E-state index contributed by atoms with van der Waals surface area (Å²) in [7, 11) is 0. The first-order valence-corrected chi connectivity index (χ1v) is 6.61. The van der Waals surface area contributed by atoms with Crippen molar-refractivity contribution in [1.29, 1.82) is 0 Å². The summed E-state index contributed by atoms with van der Waals surface area (Å²) in [4.78, 5) is 4.72. The maximum atomic E-state index is 4.72. The average Bonchev–Trinajstić information content (AvgIpc) is 2.91. The summed E-state index contributed by atoms with van der Waals surface area (Å²) in [6, 6.07) is 6.16. The van der Waals surface area contributed by atoms with Gasteiger partial charge in [-0.3, -0.25) is 4.68 Å². The molecule has 0 fully saturated rings. The van der Waals surface area contributed by atoms with Gasteiger partial charge >= 0.3 is 0 Å². The molecular weight excluding hydrogens is 236 g/mol. The molecule has 0 amide bonds. The minimum absolute atomic E-state index is 0.888. The highest BCUT2D eigenvalue weighted by Crippen LogP contribution is 2.26. The van der Waals surface area contributed by atoms with Crippen LogP contribution in [0.5, 0.6) is 0 Å². The molecule has 0 radical (unpaired) electrons. The van der Waals surface area contributed by atoms with Crippen LogP contribution in [0.2, 0.25) is 0 Å². The molecular formula is C15H18N4. The quantitative estimate of drug-likeness (QED) is 0.704. The van der Waals surface area contributed by atoms with E-state index in [1.807, 2.05) is 23.7 Å².